The van der Waals surface area contributed by atoms with Gasteiger partial charge in [-0.2, -0.15) is 0 Å². The van der Waals surface area contributed by atoms with E-state index in [2.05, 4.69) is 106 Å². The summed E-state index contributed by atoms with van der Waals surface area (Å²) in [6.07, 6.45) is 1.43. The summed E-state index contributed by atoms with van der Waals surface area (Å²) in [6, 6.07) is 20.5. The van der Waals surface area contributed by atoms with Crippen molar-refractivity contribution in [2.24, 2.45) is 5.41 Å². The SMILES string of the molecule is CO[C@@]1(C[C@@H]2CC(O)(CO)C[C@H](CO[Si](C)(C)C(C)(C)C)O2)O[C@H](C[C@H](CCOCc2ccccc2)O[Si](C)(C)C(C)(C)C)C[C@H](OCc2ccccc2)C1(C)C. The number of aliphatic hydroxyl groups excluding tert-OH is 1. The standard InChI is InChI=1S/C46H78O9Si2/c1-42(2,3)56(10,11)52-33-40-29-45(48,34-47)28-39(53-40)30-46(49-9)44(7,8)41(51-32-36-22-18-15-19-23-36)27-38(54-46)26-37(55-57(12,13)43(4,5)6)24-25-50-31-35-20-16-14-17-21-35/h14-23,37-41,47-48H,24-34H2,1-13H3/t37-,38+,39-,40+,41-,45?,46-/m0/s1. The molecule has 2 N–H and O–H groups in total. The second kappa shape index (κ2) is 19.5. The minimum atomic E-state index is -2.18. The Balaban J connectivity index is 1.63. The zero-order valence-electron chi connectivity index (χ0n) is 37.7. The van der Waals surface area contributed by atoms with E-state index in [1.54, 1.807) is 7.11 Å². The molecule has 0 bridgehead atoms. The van der Waals surface area contributed by atoms with Crippen LogP contribution >= 0.6 is 0 Å². The van der Waals surface area contributed by atoms with Gasteiger partial charge < -0.3 is 42.7 Å². The van der Waals surface area contributed by atoms with Gasteiger partial charge in [0, 0.05) is 50.9 Å². The summed E-state index contributed by atoms with van der Waals surface area (Å²) >= 11 is 0. The van der Waals surface area contributed by atoms with E-state index < -0.39 is 45.6 Å². The Morgan fingerprint density at radius 1 is 0.807 bits per heavy atom. The Hall–Kier alpha value is -1.49. The maximum absolute atomic E-state index is 11.7. The molecule has 2 aromatic rings. The molecule has 4 rings (SSSR count). The fourth-order valence-electron chi connectivity index (χ4n) is 7.70. The van der Waals surface area contributed by atoms with Gasteiger partial charge in [0.2, 0.25) is 0 Å². The minimum Gasteiger partial charge on any atom is -0.414 e. The molecule has 2 aliphatic rings. The average Bonchev–Trinajstić information content (AvgIpc) is 3.13. The van der Waals surface area contributed by atoms with Gasteiger partial charge in [-0.1, -0.05) is 116 Å². The van der Waals surface area contributed by atoms with Crippen molar-refractivity contribution in [2.45, 2.75) is 185 Å². The van der Waals surface area contributed by atoms with Crippen LogP contribution in [-0.2, 0) is 45.8 Å². The van der Waals surface area contributed by atoms with E-state index in [4.69, 9.17) is 32.5 Å². The lowest BCUT2D eigenvalue weighted by atomic mass is 9.69. The van der Waals surface area contributed by atoms with Crippen molar-refractivity contribution in [3.8, 4) is 0 Å². The number of rotatable bonds is 19. The maximum Gasteiger partial charge on any atom is 0.192 e. The minimum absolute atomic E-state index is 0.0236. The molecule has 0 aliphatic carbocycles. The first-order valence-electron chi connectivity index (χ1n) is 21.3. The molecule has 2 fully saturated rings. The van der Waals surface area contributed by atoms with Crippen LogP contribution in [0.4, 0.5) is 0 Å². The molecule has 2 saturated heterocycles. The summed E-state index contributed by atoms with van der Waals surface area (Å²) in [4.78, 5) is 0. The molecule has 0 amide bonds. The van der Waals surface area contributed by atoms with Crippen molar-refractivity contribution in [1.82, 2.24) is 0 Å². The van der Waals surface area contributed by atoms with Gasteiger partial charge in [0.05, 0.1) is 56.4 Å². The Kier molecular flexibility index (Phi) is 16.5. The Morgan fingerprint density at radius 2 is 1.37 bits per heavy atom. The Labute approximate surface area is 347 Å². The monoisotopic (exact) mass is 831 g/mol. The summed E-state index contributed by atoms with van der Waals surface area (Å²) in [5.74, 6) is -1.15. The first-order chi connectivity index (χ1) is 26.4. The Morgan fingerprint density at radius 3 is 1.91 bits per heavy atom. The van der Waals surface area contributed by atoms with E-state index in [1.165, 1.54) is 0 Å². The quantitative estimate of drug-likeness (QED) is 0.106. The van der Waals surface area contributed by atoms with Crippen molar-refractivity contribution < 1.29 is 42.7 Å². The van der Waals surface area contributed by atoms with Crippen molar-refractivity contribution in [1.29, 1.82) is 0 Å². The van der Waals surface area contributed by atoms with Crippen LogP contribution in [0.1, 0.15) is 105 Å². The highest BCUT2D eigenvalue weighted by molar-refractivity contribution is 6.74. The molecular weight excluding hydrogens is 753 g/mol. The zero-order valence-corrected chi connectivity index (χ0v) is 39.7. The fraction of sp³-hybridized carbons (Fsp3) is 0.739. The molecule has 1 unspecified atom stereocenters. The third kappa shape index (κ3) is 12.8. The van der Waals surface area contributed by atoms with Crippen LogP contribution in [0.3, 0.4) is 0 Å². The van der Waals surface area contributed by atoms with Gasteiger partial charge in [-0.3, -0.25) is 0 Å². The zero-order chi connectivity index (χ0) is 42.3. The van der Waals surface area contributed by atoms with E-state index >= 15 is 0 Å². The van der Waals surface area contributed by atoms with E-state index in [0.717, 1.165) is 17.5 Å². The van der Waals surface area contributed by atoms with E-state index in [-0.39, 0.29) is 41.4 Å². The molecule has 7 atom stereocenters. The van der Waals surface area contributed by atoms with Crippen LogP contribution in [-0.4, -0.2) is 95.7 Å². The lowest BCUT2D eigenvalue weighted by Crippen LogP contribution is -2.64. The highest BCUT2D eigenvalue weighted by Gasteiger charge is 2.59. The second-order valence-electron chi connectivity index (χ2n) is 20.4. The summed E-state index contributed by atoms with van der Waals surface area (Å²) in [7, 11) is -2.56. The molecule has 11 heteroatoms. The van der Waals surface area contributed by atoms with Crippen LogP contribution in [0.5, 0.6) is 0 Å². The summed E-state index contributed by atoms with van der Waals surface area (Å²) < 4.78 is 47.5. The van der Waals surface area contributed by atoms with Crippen LogP contribution in [0, 0.1) is 5.41 Å². The molecule has 0 radical (unpaired) electrons. The molecule has 2 heterocycles. The van der Waals surface area contributed by atoms with Gasteiger partial charge >= 0.3 is 0 Å². The molecule has 2 aliphatic heterocycles. The summed E-state index contributed by atoms with van der Waals surface area (Å²) in [5, 5.41) is 22.3. The highest BCUT2D eigenvalue weighted by Crippen LogP contribution is 2.52. The average molecular weight is 831 g/mol. The number of benzene rings is 2. The van der Waals surface area contributed by atoms with Crippen LogP contribution < -0.4 is 0 Å². The second-order valence-corrected chi connectivity index (χ2v) is 30.0. The molecule has 324 valence electrons. The lowest BCUT2D eigenvalue weighted by molar-refractivity contribution is -0.365. The predicted octanol–water partition coefficient (Wildman–Crippen LogP) is 9.80. The fourth-order valence-corrected chi connectivity index (χ4v) is 10.1. The van der Waals surface area contributed by atoms with Gasteiger partial charge in [-0.25, -0.2) is 0 Å². The molecule has 9 nitrogen and oxygen atoms in total. The number of hydrogen-bond acceptors (Lipinski definition) is 9. The third-order valence-electron chi connectivity index (χ3n) is 13.6. The summed E-state index contributed by atoms with van der Waals surface area (Å²) in [6.45, 7) is 28.4. The van der Waals surface area contributed by atoms with Crippen molar-refractivity contribution in [3.63, 3.8) is 0 Å². The van der Waals surface area contributed by atoms with Gasteiger partial charge in [0.1, 0.15) is 0 Å². The van der Waals surface area contributed by atoms with Crippen molar-refractivity contribution in [2.75, 3.05) is 26.9 Å². The van der Waals surface area contributed by atoms with Gasteiger partial charge in [0.15, 0.2) is 22.4 Å². The topological polar surface area (TPSA) is 105 Å². The molecular formula is C46H78O9Si2. The van der Waals surface area contributed by atoms with Crippen molar-refractivity contribution >= 4 is 16.6 Å². The predicted molar refractivity (Wildman–Crippen MR) is 233 cm³/mol. The molecule has 2 aromatic carbocycles. The molecule has 0 saturated carbocycles. The lowest BCUT2D eigenvalue weighted by Gasteiger charge is -2.56. The number of hydrogen-bond donors (Lipinski definition) is 2. The van der Waals surface area contributed by atoms with E-state index in [9.17, 15) is 10.2 Å². The van der Waals surface area contributed by atoms with Crippen molar-refractivity contribution in [3.05, 3.63) is 71.8 Å². The highest BCUT2D eigenvalue weighted by atomic mass is 28.4. The molecule has 57 heavy (non-hydrogen) atoms. The summed E-state index contributed by atoms with van der Waals surface area (Å²) in [5.41, 5.74) is 0.296. The maximum atomic E-state index is 11.7. The smallest absolute Gasteiger partial charge is 0.192 e. The number of aliphatic hydroxyl groups is 2. The first kappa shape index (κ1) is 48.2. The molecule has 0 aromatic heterocycles. The van der Waals surface area contributed by atoms with Gasteiger partial charge in [0.25, 0.3) is 0 Å². The first-order valence-corrected chi connectivity index (χ1v) is 27.1. The van der Waals surface area contributed by atoms with E-state index in [1.807, 2.05) is 36.4 Å². The Bertz CT molecular complexity index is 1490. The number of methoxy groups -OCH3 is 1. The third-order valence-corrected chi connectivity index (χ3v) is 22.6. The van der Waals surface area contributed by atoms with Gasteiger partial charge in [-0.05, 0) is 60.2 Å². The normalized spacial score (nSPS) is 28.0. The number of ether oxygens (including phenoxy) is 5. The largest absolute Gasteiger partial charge is 0.414 e. The van der Waals surface area contributed by atoms with Crippen LogP contribution in [0.2, 0.25) is 36.3 Å². The van der Waals surface area contributed by atoms with E-state index in [0.29, 0.717) is 52.1 Å². The van der Waals surface area contributed by atoms with Crippen LogP contribution in [0.25, 0.3) is 0 Å². The molecule has 0 spiro atoms. The van der Waals surface area contributed by atoms with Crippen LogP contribution in [0.15, 0.2) is 60.7 Å². The van der Waals surface area contributed by atoms with Gasteiger partial charge in [-0.15, -0.1) is 0 Å².